The smallest absolute Gasteiger partial charge is 0.207 e. The lowest BCUT2D eigenvalue weighted by molar-refractivity contribution is 0.628. The summed E-state index contributed by atoms with van der Waals surface area (Å²) in [6, 6.07) is 4.39. The van der Waals surface area contributed by atoms with Gasteiger partial charge in [0.05, 0.1) is 0 Å². The van der Waals surface area contributed by atoms with Crippen molar-refractivity contribution in [1.82, 2.24) is 9.36 Å². The highest BCUT2D eigenvalue weighted by Crippen LogP contribution is 2.30. The summed E-state index contributed by atoms with van der Waals surface area (Å²) in [6.45, 7) is 0. The lowest BCUT2D eigenvalue weighted by Gasteiger charge is -1.98. The average Bonchev–Trinajstić information content (AvgIpc) is 2.56. The van der Waals surface area contributed by atoms with Crippen molar-refractivity contribution < 1.29 is 4.39 Å². The molecule has 0 bridgehead atoms. The Balaban J connectivity index is 2.55. The maximum atomic E-state index is 12.9. The van der Waals surface area contributed by atoms with E-state index in [4.69, 9.17) is 11.6 Å². The van der Waals surface area contributed by atoms with Gasteiger partial charge in [-0.2, -0.15) is 4.37 Å². The second-order valence-corrected chi connectivity index (χ2v) is 4.44. The van der Waals surface area contributed by atoms with Crippen LogP contribution in [0, 0.1) is 5.82 Å². The molecule has 0 aliphatic rings. The highest BCUT2D eigenvalue weighted by Gasteiger charge is 2.09. The molecule has 0 saturated carbocycles. The first-order valence-corrected chi connectivity index (χ1v) is 5.56. The lowest BCUT2D eigenvalue weighted by Crippen LogP contribution is -1.81. The predicted molar refractivity (Wildman–Crippen MR) is 58.0 cm³/mol. The topological polar surface area (TPSA) is 25.8 Å². The van der Waals surface area contributed by atoms with Crippen LogP contribution in [0.25, 0.3) is 10.6 Å². The van der Waals surface area contributed by atoms with Crippen LogP contribution >= 0.6 is 39.1 Å². The van der Waals surface area contributed by atoms with Gasteiger partial charge in [-0.3, -0.25) is 0 Å². The molecule has 6 heteroatoms. The fourth-order valence-electron chi connectivity index (χ4n) is 0.976. The highest BCUT2D eigenvalue weighted by atomic mass is 79.9. The molecule has 2 nitrogen and oxygen atoms in total. The van der Waals surface area contributed by atoms with Gasteiger partial charge in [0.25, 0.3) is 0 Å². The maximum absolute atomic E-state index is 12.9. The Hall–Kier alpha value is -0.520. The summed E-state index contributed by atoms with van der Waals surface area (Å²) < 4.78 is 17.5. The van der Waals surface area contributed by atoms with Crippen molar-refractivity contribution in [2.24, 2.45) is 0 Å². The van der Waals surface area contributed by atoms with E-state index in [9.17, 15) is 4.39 Å². The molecule has 0 aliphatic heterocycles. The van der Waals surface area contributed by atoms with Gasteiger partial charge in [-0.25, -0.2) is 9.37 Å². The number of halogens is 3. The summed E-state index contributed by atoms with van der Waals surface area (Å²) in [4.78, 5) is 3.96. The Morgan fingerprint density at radius 2 is 2.21 bits per heavy atom. The quantitative estimate of drug-likeness (QED) is 0.800. The van der Waals surface area contributed by atoms with Gasteiger partial charge in [-0.15, -0.1) is 0 Å². The zero-order valence-corrected chi connectivity index (χ0v) is 9.83. The summed E-state index contributed by atoms with van der Waals surface area (Å²) in [5.74, 6) is -0.311. The van der Waals surface area contributed by atoms with Crippen molar-refractivity contribution in [3.8, 4) is 10.6 Å². The van der Waals surface area contributed by atoms with Crippen LogP contribution in [0.1, 0.15) is 0 Å². The molecule has 72 valence electrons. The Bertz CT molecular complexity index is 474. The minimum atomic E-state index is -0.311. The van der Waals surface area contributed by atoms with E-state index in [2.05, 4.69) is 25.3 Å². The van der Waals surface area contributed by atoms with Crippen molar-refractivity contribution in [2.45, 2.75) is 0 Å². The molecule has 2 aromatic rings. The Morgan fingerprint density at radius 3 is 2.86 bits per heavy atom. The molecule has 14 heavy (non-hydrogen) atoms. The Morgan fingerprint density at radius 1 is 1.43 bits per heavy atom. The number of nitrogens with zero attached hydrogens (tertiary/aromatic N) is 2. The lowest BCUT2D eigenvalue weighted by atomic mass is 10.2. The molecule has 0 aliphatic carbocycles. The molecule has 0 amide bonds. The number of hydrogen-bond acceptors (Lipinski definition) is 3. The number of hydrogen-bond donors (Lipinski definition) is 0. The zero-order chi connectivity index (χ0) is 10.1. The summed E-state index contributed by atoms with van der Waals surface area (Å²) in [6.07, 6.45) is 0. The van der Waals surface area contributed by atoms with E-state index >= 15 is 0 Å². The second-order valence-electron chi connectivity index (χ2n) is 2.49. The fourth-order valence-corrected chi connectivity index (χ4v) is 2.38. The predicted octanol–water partition coefficient (Wildman–Crippen LogP) is 3.76. The first kappa shape index (κ1) is 10.0. The van der Waals surface area contributed by atoms with Crippen LogP contribution in [0.2, 0.25) is 5.28 Å². The van der Waals surface area contributed by atoms with E-state index in [1.165, 1.54) is 12.1 Å². The second kappa shape index (κ2) is 3.92. The summed E-state index contributed by atoms with van der Waals surface area (Å²) in [7, 11) is 0. The number of aromatic nitrogens is 2. The largest absolute Gasteiger partial charge is 0.234 e. The molecule has 0 unspecified atom stereocenters. The van der Waals surface area contributed by atoms with E-state index < -0.39 is 0 Å². The van der Waals surface area contributed by atoms with Crippen LogP contribution in [0.4, 0.5) is 4.39 Å². The van der Waals surface area contributed by atoms with Crippen LogP contribution in [-0.2, 0) is 0 Å². The van der Waals surface area contributed by atoms with Gasteiger partial charge in [-0.05, 0) is 41.3 Å². The molecular formula is C8H3BrClFN2S. The molecule has 0 spiro atoms. The monoisotopic (exact) mass is 292 g/mol. The van der Waals surface area contributed by atoms with Gasteiger partial charge in [-0.1, -0.05) is 15.9 Å². The third-order valence-electron chi connectivity index (χ3n) is 1.56. The minimum Gasteiger partial charge on any atom is -0.207 e. The first-order chi connectivity index (χ1) is 6.66. The van der Waals surface area contributed by atoms with Crippen LogP contribution < -0.4 is 0 Å². The fraction of sp³-hybridized carbons (Fsp3) is 0. The third-order valence-corrected chi connectivity index (χ3v) is 3.27. The van der Waals surface area contributed by atoms with Crippen molar-refractivity contribution in [2.75, 3.05) is 0 Å². The third kappa shape index (κ3) is 1.94. The van der Waals surface area contributed by atoms with Crippen LogP contribution in [0.5, 0.6) is 0 Å². The molecule has 0 saturated heterocycles. The van der Waals surface area contributed by atoms with Gasteiger partial charge in [0.2, 0.25) is 5.28 Å². The molecule has 0 atom stereocenters. The zero-order valence-electron chi connectivity index (χ0n) is 6.67. The van der Waals surface area contributed by atoms with Crippen LogP contribution in [0.3, 0.4) is 0 Å². The standard InChI is InChI=1S/C8H3BrClFN2S/c9-6-2-1-4(11)3-5(6)7-12-8(10)13-14-7/h1-3H. The minimum absolute atomic E-state index is 0.182. The molecule has 0 fully saturated rings. The van der Waals surface area contributed by atoms with E-state index in [-0.39, 0.29) is 11.1 Å². The van der Waals surface area contributed by atoms with E-state index in [0.29, 0.717) is 10.6 Å². The van der Waals surface area contributed by atoms with Crippen LogP contribution in [0.15, 0.2) is 22.7 Å². The summed E-state index contributed by atoms with van der Waals surface area (Å²) in [5, 5.41) is 0.780. The average molecular weight is 294 g/mol. The molecule has 2 rings (SSSR count). The van der Waals surface area contributed by atoms with Crippen molar-refractivity contribution >= 4 is 39.1 Å². The molecule has 0 N–H and O–H groups in total. The molecule has 1 heterocycles. The summed E-state index contributed by atoms with van der Waals surface area (Å²) >= 11 is 10.0. The van der Waals surface area contributed by atoms with Gasteiger partial charge in [0.15, 0.2) is 0 Å². The van der Waals surface area contributed by atoms with Crippen molar-refractivity contribution in [1.29, 1.82) is 0 Å². The number of benzene rings is 1. The summed E-state index contributed by atoms with van der Waals surface area (Å²) in [5.41, 5.74) is 0.661. The SMILES string of the molecule is Fc1ccc(Br)c(-c2nc(Cl)ns2)c1. The maximum Gasteiger partial charge on any atom is 0.234 e. The van der Waals surface area contributed by atoms with E-state index in [1.54, 1.807) is 6.07 Å². The van der Waals surface area contributed by atoms with Crippen LogP contribution in [-0.4, -0.2) is 9.36 Å². The molecular weight excluding hydrogens is 291 g/mol. The Labute approximate surface area is 97.0 Å². The molecule has 1 aromatic heterocycles. The van der Waals surface area contributed by atoms with Crippen molar-refractivity contribution in [3.05, 3.63) is 33.8 Å². The van der Waals surface area contributed by atoms with Gasteiger partial charge in [0, 0.05) is 10.0 Å². The number of rotatable bonds is 1. The van der Waals surface area contributed by atoms with E-state index in [1.807, 2.05) is 0 Å². The van der Waals surface area contributed by atoms with Crippen molar-refractivity contribution in [3.63, 3.8) is 0 Å². The first-order valence-electron chi connectivity index (χ1n) is 3.61. The van der Waals surface area contributed by atoms with E-state index in [0.717, 1.165) is 16.0 Å². The molecule has 1 aromatic carbocycles. The normalized spacial score (nSPS) is 10.5. The Kier molecular flexibility index (Phi) is 2.80. The van der Waals surface area contributed by atoms with Gasteiger partial charge < -0.3 is 0 Å². The highest BCUT2D eigenvalue weighted by molar-refractivity contribution is 9.10. The van der Waals surface area contributed by atoms with Gasteiger partial charge in [0.1, 0.15) is 10.8 Å². The molecule has 0 radical (unpaired) electrons. The van der Waals surface area contributed by atoms with Gasteiger partial charge >= 0.3 is 0 Å².